The molecule has 6 heteroatoms. The third kappa shape index (κ3) is 3.80. The molecule has 2 saturated carbocycles. The molecule has 4 rings (SSSR count). The maximum absolute atomic E-state index is 12.4. The van der Waals surface area contributed by atoms with E-state index in [-0.39, 0.29) is 5.91 Å². The number of hydrogen-bond acceptors (Lipinski definition) is 4. The van der Waals surface area contributed by atoms with Crippen LogP contribution in [0.3, 0.4) is 0 Å². The summed E-state index contributed by atoms with van der Waals surface area (Å²) in [5.41, 5.74) is 1.22. The number of benzene rings is 1. The molecule has 3 atom stereocenters. The minimum Gasteiger partial charge on any atom is -0.352 e. The van der Waals surface area contributed by atoms with Crippen molar-refractivity contribution in [1.29, 1.82) is 0 Å². The van der Waals surface area contributed by atoms with Crippen molar-refractivity contribution in [3.63, 3.8) is 0 Å². The SMILES string of the molecule is CCn1c(Cc2ccccc2)nnc1SCC(=O)N[C@H]1C[C@H]2CC[C@H]1C2. The van der Waals surface area contributed by atoms with Crippen molar-refractivity contribution < 1.29 is 4.79 Å². The van der Waals surface area contributed by atoms with Gasteiger partial charge in [0.1, 0.15) is 5.82 Å². The third-order valence-corrected chi connectivity index (χ3v) is 6.70. The van der Waals surface area contributed by atoms with Crippen LogP contribution in [0.15, 0.2) is 35.5 Å². The monoisotopic (exact) mass is 370 g/mol. The molecule has 0 unspecified atom stereocenters. The number of nitrogens with one attached hydrogen (secondary N) is 1. The maximum Gasteiger partial charge on any atom is 0.230 e. The zero-order chi connectivity index (χ0) is 17.9. The maximum atomic E-state index is 12.4. The molecule has 2 bridgehead atoms. The lowest BCUT2D eigenvalue weighted by Crippen LogP contribution is -2.39. The van der Waals surface area contributed by atoms with Crippen LogP contribution in [-0.2, 0) is 17.8 Å². The number of carbonyl (C=O) groups is 1. The topological polar surface area (TPSA) is 59.8 Å². The highest BCUT2D eigenvalue weighted by Gasteiger charge is 2.40. The molecule has 26 heavy (non-hydrogen) atoms. The second-order valence-corrected chi connectivity index (χ2v) is 8.39. The molecule has 1 N–H and O–H groups in total. The Labute approximate surface area is 159 Å². The van der Waals surface area contributed by atoms with Gasteiger partial charge in [-0.25, -0.2) is 0 Å². The van der Waals surface area contributed by atoms with Gasteiger partial charge >= 0.3 is 0 Å². The van der Waals surface area contributed by atoms with Crippen molar-refractivity contribution in [2.45, 2.75) is 56.8 Å². The van der Waals surface area contributed by atoms with Crippen molar-refractivity contribution >= 4 is 17.7 Å². The summed E-state index contributed by atoms with van der Waals surface area (Å²) in [6.45, 7) is 2.91. The van der Waals surface area contributed by atoms with E-state index in [4.69, 9.17) is 0 Å². The first kappa shape index (κ1) is 17.6. The molecule has 5 nitrogen and oxygen atoms in total. The molecular formula is C20H26N4OS. The van der Waals surface area contributed by atoms with Gasteiger partial charge in [-0.1, -0.05) is 48.5 Å². The van der Waals surface area contributed by atoms with Gasteiger partial charge in [-0.2, -0.15) is 0 Å². The Balaban J connectivity index is 1.33. The molecule has 0 aliphatic heterocycles. The summed E-state index contributed by atoms with van der Waals surface area (Å²) in [4.78, 5) is 12.4. The van der Waals surface area contributed by atoms with Gasteiger partial charge in [-0.15, -0.1) is 10.2 Å². The zero-order valence-electron chi connectivity index (χ0n) is 15.2. The highest BCUT2D eigenvalue weighted by atomic mass is 32.2. The van der Waals surface area contributed by atoms with Crippen molar-refractivity contribution in [3.8, 4) is 0 Å². The summed E-state index contributed by atoms with van der Waals surface area (Å²) < 4.78 is 2.11. The van der Waals surface area contributed by atoms with E-state index in [9.17, 15) is 4.79 Å². The lowest BCUT2D eigenvalue weighted by molar-refractivity contribution is -0.119. The summed E-state index contributed by atoms with van der Waals surface area (Å²) in [6, 6.07) is 10.7. The molecule has 2 aliphatic carbocycles. The molecule has 0 saturated heterocycles. The van der Waals surface area contributed by atoms with Gasteiger partial charge in [-0.3, -0.25) is 4.79 Å². The minimum atomic E-state index is 0.128. The summed E-state index contributed by atoms with van der Waals surface area (Å²) in [5.74, 6) is 3.06. The summed E-state index contributed by atoms with van der Waals surface area (Å²) in [7, 11) is 0. The van der Waals surface area contributed by atoms with Crippen molar-refractivity contribution in [2.75, 3.05) is 5.75 Å². The van der Waals surface area contributed by atoms with Gasteiger partial charge in [0.2, 0.25) is 5.91 Å². The number of rotatable bonds is 7. The van der Waals surface area contributed by atoms with E-state index in [0.29, 0.717) is 17.7 Å². The lowest BCUT2D eigenvalue weighted by atomic mass is 9.95. The molecule has 0 radical (unpaired) electrons. The van der Waals surface area contributed by atoms with Gasteiger partial charge in [0.25, 0.3) is 0 Å². The van der Waals surface area contributed by atoms with Crippen LogP contribution in [0.5, 0.6) is 0 Å². The Morgan fingerprint density at radius 3 is 2.77 bits per heavy atom. The van der Waals surface area contributed by atoms with E-state index >= 15 is 0 Å². The van der Waals surface area contributed by atoms with E-state index < -0.39 is 0 Å². The van der Waals surface area contributed by atoms with Crippen LogP contribution < -0.4 is 5.32 Å². The number of aromatic nitrogens is 3. The molecule has 1 amide bonds. The number of hydrogen-bond donors (Lipinski definition) is 1. The smallest absolute Gasteiger partial charge is 0.230 e. The fourth-order valence-corrected chi connectivity index (χ4v) is 5.29. The van der Waals surface area contributed by atoms with Crippen molar-refractivity contribution in [2.24, 2.45) is 11.8 Å². The Kier molecular flexibility index (Phi) is 5.29. The Bertz CT molecular complexity index is 760. The summed E-state index contributed by atoms with van der Waals surface area (Å²) in [6.07, 6.45) is 5.89. The highest BCUT2D eigenvalue weighted by Crippen LogP contribution is 2.44. The average molecular weight is 371 g/mol. The fraction of sp³-hybridized carbons (Fsp3) is 0.550. The highest BCUT2D eigenvalue weighted by molar-refractivity contribution is 7.99. The third-order valence-electron chi connectivity index (χ3n) is 5.73. The van der Waals surface area contributed by atoms with E-state index in [0.717, 1.165) is 29.9 Å². The van der Waals surface area contributed by atoms with Crippen molar-refractivity contribution in [3.05, 3.63) is 41.7 Å². The fourth-order valence-electron chi connectivity index (χ4n) is 4.45. The molecule has 1 aromatic carbocycles. The van der Waals surface area contributed by atoms with Gasteiger partial charge in [-0.05, 0) is 43.6 Å². The van der Waals surface area contributed by atoms with Crippen LogP contribution in [0.25, 0.3) is 0 Å². The number of thioether (sulfide) groups is 1. The molecule has 0 spiro atoms. The quantitative estimate of drug-likeness (QED) is 0.760. The zero-order valence-corrected chi connectivity index (χ0v) is 16.0. The van der Waals surface area contributed by atoms with Crippen LogP contribution in [0.4, 0.5) is 0 Å². The van der Waals surface area contributed by atoms with E-state index in [1.807, 2.05) is 18.2 Å². The first-order valence-corrected chi connectivity index (χ1v) is 10.6. The summed E-state index contributed by atoms with van der Waals surface area (Å²) >= 11 is 1.49. The predicted molar refractivity (Wildman–Crippen MR) is 103 cm³/mol. The summed E-state index contributed by atoms with van der Waals surface area (Å²) in [5, 5.41) is 12.8. The molecule has 1 heterocycles. The van der Waals surface area contributed by atoms with Crippen LogP contribution >= 0.6 is 11.8 Å². The minimum absolute atomic E-state index is 0.128. The molecular weight excluding hydrogens is 344 g/mol. The van der Waals surface area contributed by atoms with Crippen LogP contribution in [0.1, 0.15) is 44.0 Å². The normalized spacial score (nSPS) is 24.1. The lowest BCUT2D eigenvalue weighted by Gasteiger charge is -2.22. The number of carbonyl (C=O) groups excluding carboxylic acids is 1. The van der Waals surface area contributed by atoms with E-state index in [1.54, 1.807) is 0 Å². The van der Waals surface area contributed by atoms with Crippen LogP contribution in [0, 0.1) is 11.8 Å². The van der Waals surface area contributed by atoms with Crippen LogP contribution in [-0.4, -0.2) is 32.5 Å². The molecule has 2 aliphatic rings. The first-order chi connectivity index (χ1) is 12.7. The second-order valence-electron chi connectivity index (χ2n) is 7.44. The van der Waals surface area contributed by atoms with Gasteiger partial charge < -0.3 is 9.88 Å². The molecule has 1 aromatic heterocycles. The largest absolute Gasteiger partial charge is 0.352 e. The van der Waals surface area contributed by atoms with E-state index in [1.165, 1.54) is 43.0 Å². The number of amides is 1. The average Bonchev–Trinajstić information content (AvgIpc) is 3.36. The predicted octanol–water partition coefficient (Wildman–Crippen LogP) is 3.29. The Morgan fingerprint density at radius 1 is 1.23 bits per heavy atom. The Morgan fingerprint density at radius 2 is 2.08 bits per heavy atom. The van der Waals surface area contributed by atoms with Gasteiger partial charge in [0.05, 0.1) is 5.75 Å². The number of fused-ring (bicyclic) bond motifs is 2. The second kappa shape index (κ2) is 7.82. The first-order valence-electron chi connectivity index (χ1n) is 9.61. The molecule has 138 valence electrons. The standard InChI is InChI=1S/C20H26N4OS/c1-2-24-18(12-14-6-4-3-5-7-14)22-23-20(24)26-13-19(25)21-17-11-15-8-9-16(17)10-15/h3-7,15-17H,2,8-13H2,1H3,(H,21,25)/t15-,16-,17-/m0/s1. The van der Waals surface area contributed by atoms with Crippen molar-refractivity contribution in [1.82, 2.24) is 20.1 Å². The number of nitrogens with zero attached hydrogens (tertiary/aromatic N) is 3. The Hall–Kier alpha value is -1.82. The van der Waals surface area contributed by atoms with Gasteiger partial charge in [0.15, 0.2) is 5.16 Å². The van der Waals surface area contributed by atoms with E-state index in [2.05, 4.69) is 39.1 Å². The van der Waals surface area contributed by atoms with Gasteiger partial charge in [0, 0.05) is 19.0 Å². The molecule has 2 fully saturated rings. The van der Waals surface area contributed by atoms with Crippen LogP contribution in [0.2, 0.25) is 0 Å². The molecule has 2 aromatic rings.